The summed E-state index contributed by atoms with van der Waals surface area (Å²) in [4.78, 5) is 38.1. The fourth-order valence-electron chi connectivity index (χ4n) is 3.03. The van der Waals surface area contributed by atoms with E-state index in [2.05, 4.69) is 0 Å². The Morgan fingerprint density at radius 2 is 2.09 bits per heavy atom. The molecule has 6 heteroatoms. The molecule has 120 valence electrons. The Hall–Kier alpha value is -2.11. The molecule has 2 heterocycles. The lowest BCUT2D eigenvalue weighted by Crippen LogP contribution is -2.52. The molecule has 1 unspecified atom stereocenters. The molecule has 0 bridgehead atoms. The maximum absolute atomic E-state index is 12.7. The number of piperidine rings is 1. The summed E-state index contributed by atoms with van der Waals surface area (Å²) in [5.41, 5.74) is 5.52. The molecule has 1 aromatic rings. The normalized spacial score (nSPS) is 21.7. The van der Waals surface area contributed by atoms with Crippen LogP contribution in [0, 0.1) is 12.3 Å². The van der Waals surface area contributed by atoms with Crippen LogP contribution in [0.5, 0.6) is 0 Å². The lowest BCUT2D eigenvalue weighted by molar-refractivity contribution is -0.130. The molecular weight excluding hydrogens is 282 g/mol. The highest BCUT2D eigenvalue weighted by molar-refractivity contribution is 5.94. The fourth-order valence-corrected chi connectivity index (χ4v) is 3.03. The van der Waals surface area contributed by atoms with Gasteiger partial charge in [-0.2, -0.15) is 0 Å². The molecule has 0 saturated carbocycles. The van der Waals surface area contributed by atoms with Crippen molar-refractivity contribution in [3.8, 4) is 0 Å². The van der Waals surface area contributed by atoms with Crippen LogP contribution < -0.4 is 11.2 Å². The van der Waals surface area contributed by atoms with Gasteiger partial charge in [-0.25, -0.2) is 0 Å². The molecule has 1 aliphatic rings. The summed E-state index contributed by atoms with van der Waals surface area (Å²) < 4.78 is 1.75. The minimum Gasteiger partial charge on any atom is -0.369 e. The summed E-state index contributed by atoms with van der Waals surface area (Å²) in [6, 6.07) is 1.46. The van der Waals surface area contributed by atoms with Crippen molar-refractivity contribution in [1.82, 2.24) is 9.47 Å². The van der Waals surface area contributed by atoms with Crippen molar-refractivity contribution in [2.24, 2.45) is 18.2 Å². The van der Waals surface area contributed by atoms with Crippen molar-refractivity contribution in [1.29, 1.82) is 0 Å². The lowest BCUT2D eigenvalue weighted by Gasteiger charge is -2.40. The van der Waals surface area contributed by atoms with Crippen molar-refractivity contribution >= 4 is 11.8 Å². The molecule has 1 saturated heterocycles. The first kappa shape index (κ1) is 16.3. The summed E-state index contributed by atoms with van der Waals surface area (Å²) in [5, 5.41) is 0. The molecule has 0 spiro atoms. The number of hydrogen-bond acceptors (Lipinski definition) is 3. The third kappa shape index (κ3) is 2.77. The Labute approximate surface area is 129 Å². The van der Waals surface area contributed by atoms with Crippen LogP contribution >= 0.6 is 0 Å². The molecule has 2 rings (SSSR count). The Kier molecular flexibility index (Phi) is 4.39. The van der Waals surface area contributed by atoms with Gasteiger partial charge >= 0.3 is 0 Å². The van der Waals surface area contributed by atoms with Gasteiger partial charge in [0.25, 0.3) is 5.91 Å². The van der Waals surface area contributed by atoms with Gasteiger partial charge in [-0.05, 0) is 26.2 Å². The maximum atomic E-state index is 12.7. The number of carbonyl (C=O) groups is 2. The van der Waals surface area contributed by atoms with Gasteiger partial charge in [0.1, 0.15) is 5.56 Å². The maximum Gasteiger partial charge on any atom is 0.259 e. The number of likely N-dealkylation sites (tertiary alicyclic amines) is 1. The first-order valence-electron chi connectivity index (χ1n) is 7.57. The molecule has 2 amide bonds. The first-order chi connectivity index (χ1) is 10.3. The molecule has 1 aromatic heterocycles. The van der Waals surface area contributed by atoms with Gasteiger partial charge in [0.2, 0.25) is 5.91 Å². The number of rotatable bonds is 3. The zero-order valence-electron chi connectivity index (χ0n) is 13.4. The van der Waals surface area contributed by atoms with Crippen LogP contribution in [0.15, 0.2) is 17.1 Å². The molecule has 1 atom stereocenters. The van der Waals surface area contributed by atoms with E-state index in [1.807, 2.05) is 13.8 Å². The van der Waals surface area contributed by atoms with Crippen molar-refractivity contribution in [2.45, 2.75) is 33.1 Å². The molecule has 0 aliphatic carbocycles. The van der Waals surface area contributed by atoms with Crippen LogP contribution in [-0.2, 0) is 11.8 Å². The summed E-state index contributed by atoms with van der Waals surface area (Å²) in [6.07, 6.45) is 3.56. The quantitative estimate of drug-likeness (QED) is 0.896. The van der Waals surface area contributed by atoms with Gasteiger partial charge in [0.05, 0.1) is 5.41 Å². The van der Waals surface area contributed by atoms with Crippen LogP contribution in [0.1, 0.15) is 42.2 Å². The summed E-state index contributed by atoms with van der Waals surface area (Å²) in [6.45, 7) is 4.55. The van der Waals surface area contributed by atoms with Gasteiger partial charge in [0.15, 0.2) is 5.43 Å². The molecular formula is C16H23N3O3. The SMILES string of the molecule is CCC1(C(N)=O)CCCN(C(=O)c2cn(C)c(C)cc2=O)C1. The second-order valence-electron chi connectivity index (χ2n) is 6.13. The Morgan fingerprint density at radius 3 is 2.68 bits per heavy atom. The molecule has 1 aliphatic heterocycles. The Bertz CT molecular complexity index is 665. The average Bonchev–Trinajstić information content (AvgIpc) is 2.50. The highest BCUT2D eigenvalue weighted by atomic mass is 16.2. The molecule has 2 N–H and O–H groups in total. The van der Waals surface area contributed by atoms with Gasteiger partial charge in [-0.3, -0.25) is 14.4 Å². The van der Waals surface area contributed by atoms with Crippen LogP contribution in [-0.4, -0.2) is 34.4 Å². The average molecular weight is 305 g/mol. The van der Waals surface area contributed by atoms with Crippen LogP contribution in [0.2, 0.25) is 0 Å². The van der Waals surface area contributed by atoms with Crippen molar-refractivity contribution in [2.75, 3.05) is 13.1 Å². The smallest absolute Gasteiger partial charge is 0.259 e. The molecule has 0 aromatic carbocycles. The number of aromatic nitrogens is 1. The van der Waals surface area contributed by atoms with Crippen molar-refractivity contribution < 1.29 is 9.59 Å². The van der Waals surface area contributed by atoms with Gasteiger partial charge in [-0.15, -0.1) is 0 Å². The minimum atomic E-state index is -0.677. The van der Waals surface area contributed by atoms with Crippen LogP contribution in [0.3, 0.4) is 0 Å². The number of nitrogens with zero attached hydrogens (tertiary/aromatic N) is 2. The van der Waals surface area contributed by atoms with E-state index in [0.717, 1.165) is 5.69 Å². The monoisotopic (exact) mass is 305 g/mol. The lowest BCUT2D eigenvalue weighted by atomic mass is 9.77. The predicted molar refractivity (Wildman–Crippen MR) is 83.5 cm³/mol. The minimum absolute atomic E-state index is 0.143. The first-order valence-corrected chi connectivity index (χ1v) is 7.57. The van der Waals surface area contributed by atoms with E-state index in [4.69, 9.17) is 5.73 Å². The van der Waals surface area contributed by atoms with E-state index in [-0.39, 0.29) is 29.4 Å². The van der Waals surface area contributed by atoms with E-state index in [9.17, 15) is 14.4 Å². The topological polar surface area (TPSA) is 85.4 Å². The van der Waals surface area contributed by atoms with Gasteiger partial charge < -0.3 is 15.2 Å². The molecule has 0 radical (unpaired) electrons. The Balaban J connectivity index is 2.32. The summed E-state index contributed by atoms with van der Waals surface area (Å²) >= 11 is 0. The van der Waals surface area contributed by atoms with Crippen LogP contribution in [0.4, 0.5) is 0 Å². The molecule has 1 fully saturated rings. The van der Waals surface area contributed by atoms with Crippen LogP contribution in [0.25, 0.3) is 0 Å². The number of primary amides is 1. The molecule has 22 heavy (non-hydrogen) atoms. The van der Waals surface area contributed by atoms with E-state index in [0.29, 0.717) is 25.8 Å². The zero-order chi connectivity index (χ0) is 16.5. The van der Waals surface area contributed by atoms with Gasteiger partial charge in [-0.1, -0.05) is 6.92 Å². The summed E-state index contributed by atoms with van der Waals surface area (Å²) in [7, 11) is 1.79. The Morgan fingerprint density at radius 1 is 1.41 bits per heavy atom. The number of amides is 2. The van der Waals surface area contributed by atoms with Crippen molar-refractivity contribution in [3.05, 3.63) is 33.7 Å². The standard InChI is InChI=1S/C16H23N3O3/c1-4-16(15(17)22)6-5-7-19(10-16)14(21)12-9-18(3)11(2)8-13(12)20/h8-9H,4-7,10H2,1-3H3,(H2,17,22). The van der Waals surface area contributed by atoms with E-state index in [1.165, 1.54) is 6.07 Å². The van der Waals surface area contributed by atoms with E-state index < -0.39 is 5.41 Å². The number of aryl methyl sites for hydroxylation is 2. The largest absolute Gasteiger partial charge is 0.369 e. The summed E-state index contributed by atoms with van der Waals surface area (Å²) in [5.74, 6) is -0.691. The second kappa shape index (κ2) is 5.94. The zero-order valence-corrected chi connectivity index (χ0v) is 13.4. The fraction of sp³-hybridized carbons (Fsp3) is 0.562. The number of hydrogen-bond donors (Lipinski definition) is 1. The predicted octanol–water partition coefficient (Wildman–Crippen LogP) is 0.811. The number of pyridine rings is 1. The van der Waals surface area contributed by atoms with E-state index >= 15 is 0 Å². The number of nitrogens with two attached hydrogens (primary N) is 1. The third-order valence-electron chi connectivity index (χ3n) is 4.78. The second-order valence-corrected chi connectivity index (χ2v) is 6.13. The highest BCUT2D eigenvalue weighted by Gasteiger charge is 2.41. The van der Waals surface area contributed by atoms with E-state index in [1.54, 1.807) is 22.7 Å². The van der Waals surface area contributed by atoms with Gasteiger partial charge in [0, 0.05) is 38.1 Å². The number of carbonyl (C=O) groups excluding carboxylic acids is 2. The third-order valence-corrected chi connectivity index (χ3v) is 4.78. The molecule has 6 nitrogen and oxygen atoms in total. The highest BCUT2D eigenvalue weighted by Crippen LogP contribution is 2.33. The van der Waals surface area contributed by atoms with Crippen molar-refractivity contribution in [3.63, 3.8) is 0 Å².